The van der Waals surface area contributed by atoms with Crippen LogP contribution in [0.15, 0.2) is 24.3 Å². The van der Waals surface area contributed by atoms with Gasteiger partial charge < -0.3 is 19.9 Å². The Hall–Kier alpha value is -1.38. The van der Waals surface area contributed by atoms with E-state index in [4.69, 9.17) is 17.0 Å². The lowest BCUT2D eigenvalue weighted by atomic mass is 10.2. The minimum absolute atomic E-state index is 0.0485. The van der Waals surface area contributed by atoms with Crippen molar-refractivity contribution in [3.05, 3.63) is 24.3 Å². The van der Waals surface area contributed by atoms with Crippen LogP contribution in [0.25, 0.3) is 0 Å². The van der Waals surface area contributed by atoms with Gasteiger partial charge in [0.1, 0.15) is 5.75 Å². The van der Waals surface area contributed by atoms with E-state index in [0.29, 0.717) is 11.5 Å². The molecule has 1 heterocycles. The molecule has 24 heavy (non-hydrogen) atoms. The predicted octanol–water partition coefficient (Wildman–Crippen LogP) is 0.0256. The van der Waals surface area contributed by atoms with Crippen LogP contribution < -0.4 is 15.0 Å². The minimum atomic E-state index is -2.95. The summed E-state index contributed by atoms with van der Waals surface area (Å²) in [5, 5.41) is 3.79. The molecule has 0 amide bonds. The second kappa shape index (κ2) is 8.13. The Balaban J connectivity index is 2.08. The molecular weight excluding hydrogens is 346 g/mol. The molecule has 2 N–H and O–H groups in total. The molecule has 6 nitrogen and oxygen atoms in total. The monoisotopic (exact) mass is 372 g/mol. The average molecular weight is 373 g/mol. The van der Waals surface area contributed by atoms with Crippen LogP contribution in [-0.2, 0) is 9.84 Å². The molecule has 1 aliphatic rings. The fourth-order valence-electron chi connectivity index (χ4n) is 2.68. The average Bonchev–Trinajstić information content (AvgIpc) is 2.88. The van der Waals surface area contributed by atoms with Crippen molar-refractivity contribution in [3.8, 4) is 5.75 Å². The largest absolute Gasteiger partial charge is 0.497 e. The molecule has 8 heteroatoms. The maximum atomic E-state index is 11.8. The van der Waals surface area contributed by atoms with Crippen molar-refractivity contribution in [1.82, 2.24) is 4.90 Å². The van der Waals surface area contributed by atoms with Gasteiger partial charge in [-0.15, -0.1) is 0 Å². The molecule has 0 bridgehead atoms. The summed E-state index contributed by atoms with van der Waals surface area (Å²) in [5.74, 6) is 1.20. The molecule has 0 aliphatic carbocycles. The minimum Gasteiger partial charge on any atom is -0.497 e. The number of rotatable bonds is 6. The molecule has 134 valence electrons. The van der Waals surface area contributed by atoms with Crippen LogP contribution in [0.4, 0.5) is 5.69 Å². The Labute approximate surface area is 149 Å². The number of sulfone groups is 1. The molecule has 1 aromatic rings. The van der Waals surface area contributed by atoms with E-state index < -0.39 is 9.84 Å². The van der Waals surface area contributed by atoms with E-state index in [2.05, 4.69) is 19.4 Å². The molecule has 1 saturated heterocycles. The van der Waals surface area contributed by atoms with Crippen LogP contribution in [0.2, 0.25) is 0 Å². The zero-order chi connectivity index (χ0) is 17.7. The van der Waals surface area contributed by atoms with Crippen molar-refractivity contribution in [2.24, 2.45) is 0 Å². The van der Waals surface area contributed by atoms with Crippen molar-refractivity contribution in [2.45, 2.75) is 12.5 Å². The summed E-state index contributed by atoms with van der Waals surface area (Å²) in [6.45, 7) is 1.62. The van der Waals surface area contributed by atoms with Gasteiger partial charge in [-0.25, -0.2) is 8.42 Å². The summed E-state index contributed by atoms with van der Waals surface area (Å²) in [7, 11) is 2.82. The summed E-state index contributed by atoms with van der Waals surface area (Å²) in [4.78, 5) is 3.32. The number of ether oxygens (including phenoxy) is 1. The topological polar surface area (TPSA) is 63.1 Å². The van der Waals surface area contributed by atoms with E-state index >= 15 is 0 Å². The van der Waals surface area contributed by atoms with Crippen molar-refractivity contribution in [2.75, 3.05) is 51.1 Å². The van der Waals surface area contributed by atoms with Crippen LogP contribution in [0.3, 0.4) is 0 Å². The molecule has 0 radical (unpaired) electrons. The first-order chi connectivity index (χ1) is 11.3. The fraction of sp³-hybridized carbons (Fsp3) is 0.562. The number of nitrogens with zero attached hydrogens (tertiary/aromatic N) is 1. The number of hydrogen-bond acceptors (Lipinski definition) is 4. The Morgan fingerprint density at radius 1 is 1.38 bits per heavy atom. The number of methoxy groups -OCH3 is 1. The highest BCUT2D eigenvalue weighted by Gasteiger charge is 2.33. The van der Waals surface area contributed by atoms with Crippen LogP contribution in [0.1, 0.15) is 6.42 Å². The highest BCUT2D eigenvalue weighted by atomic mass is 32.2. The van der Waals surface area contributed by atoms with Gasteiger partial charge in [0.15, 0.2) is 14.9 Å². The lowest BCUT2D eigenvalue weighted by Crippen LogP contribution is -3.06. The quantitative estimate of drug-likeness (QED) is 0.687. The van der Waals surface area contributed by atoms with Gasteiger partial charge in [0.25, 0.3) is 0 Å². The van der Waals surface area contributed by atoms with E-state index in [1.807, 2.05) is 29.2 Å². The van der Waals surface area contributed by atoms with E-state index in [0.717, 1.165) is 24.5 Å². The molecule has 2 rings (SSSR count). The third-order valence-electron chi connectivity index (χ3n) is 4.10. The van der Waals surface area contributed by atoms with Crippen molar-refractivity contribution in [3.63, 3.8) is 0 Å². The number of anilines is 1. The normalized spacial score (nSPS) is 19.2. The first-order valence-corrected chi connectivity index (χ1v) is 10.2. The Morgan fingerprint density at radius 2 is 2.04 bits per heavy atom. The first kappa shape index (κ1) is 19.0. The fourth-order valence-corrected chi connectivity index (χ4v) is 4.77. The maximum Gasteiger partial charge on any atom is 0.173 e. The molecule has 1 aliphatic heterocycles. The van der Waals surface area contributed by atoms with Gasteiger partial charge in [0, 0.05) is 11.7 Å². The number of nitrogens with one attached hydrogen (secondary N) is 2. The lowest BCUT2D eigenvalue weighted by Gasteiger charge is -2.31. The summed E-state index contributed by atoms with van der Waals surface area (Å²) in [6.07, 6.45) is 0.634. The third-order valence-corrected chi connectivity index (χ3v) is 6.19. The van der Waals surface area contributed by atoms with E-state index in [1.165, 1.54) is 4.90 Å². The van der Waals surface area contributed by atoms with Gasteiger partial charge in [-0.3, -0.25) is 0 Å². The summed E-state index contributed by atoms with van der Waals surface area (Å²) in [6, 6.07) is 7.46. The van der Waals surface area contributed by atoms with Gasteiger partial charge >= 0.3 is 0 Å². The molecule has 0 unspecified atom stereocenters. The standard InChI is InChI=1S/C16H25N3O3S2/c1-18(2)9-10-19(14-8-11-24(20,21)12-14)16(23)17-13-4-6-15(22-3)7-5-13/h4-7,14H,8-12H2,1-3H3,(H,17,23)/p+1/t14-/m0/s1. The van der Waals surface area contributed by atoms with Crippen LogP contribution in [0.5, 0.6) is 5.75 Å². The zero-order valence-corrected chi connectivity index (χ0v) is 16.0. The van der Waals surface area contributed by atoms with Crippen molar-refractivity contribution < 1.29 is 18.1 Å². The van der Waals surface area contributed by atoms with E-state index in [-0.39, 0.29) is 17.5 Å². The maximum absolute atomic E-state index is 11.8. The van der Waals surface area contributed by atoms with Gasteiger partial charge in [-0.1, -0.05) is 0 Å². The zero-order valence-electron chi connectivity index (χ0n) is 14.4. The third kappa shape index (κ3) is 5.32. The number of quaternary nitrogens is 1. The van der Waals surface area contributed by atoms with Gasteiger partial charge in [0.2, 0.25) is 0 Å². The Kier molecular flexibility index (Phi) is 6.42. The molecule has 1 aromatic carbocycles. The number of thiocarbonyl (C=S) groups is 1. The van der Waals surface area contributed by atoms with Crippen molar-refractivity contribution in [1.29, 1.82) is 0 Å². The molecule has 0 saturated carbocycles. The van der Waals surface area contributed by atoms with Crippen LogP contribution in [0, 0.1) is 0 Å². The summed E-state index contributed by atoms with van der Waals surface area (Å²) in [5.41, 5.74) is 0.865. The highest BCUT2D eigenvalue weighted by Crippen LogP contribution is 2.20. The molecule has 1 atom stereocenters. The molecule has 0 spiro atoms. The predicted molar refractivity (Wildman–Crippen MR) is 101 cm³/mol. The first-order valence-electron chi connectivity index (χ1n) is 8.02. The summed E-state index contributed by atoms with van der Waals surface area (Å²) < 4.78 is 28.8. The number of benzene rings is 1. The molecule has 0 aromatic heterocycles. The van der Waals surface area contributed by atoms with Gasteiger partial charge in [-0.05, 0) is 42.9 Å². The smallest absolute Gasteiger partial charge is 0.173 e. The number of likely N-dealkylation sites (N-methyl/N-ethyl adjacent to an activating group) is 1. The molecule has 1 fully saturated rings. The SMILES string of the molecule is COc1ccc(NC(=S)N(CC[NH+](C)C)[C@H]2CCS(=O)(=O)C2)cc1. The van der Waals surface area contributed by atoms with Crippen LogP contribution >= 0.6 is 12.2 Å². The second-order valence-electron chi connectivity index (χ2n) is 6.37. The lowest BCUT2D eigenvalue weighted by molar-refractivity contribution is -0.857. The highest BCUT2D eigenvalue weighted by molar-refractivity contribution is 7.91. The van der Waals surface area contributed by atoms with Gasteiger partial charge in [-0.2, -0.15) is 0 Å². The van der Waals surface area contributed by atoms with Gasteiger partial charge in [0.05, 0.1) is 45.8 Å². The van der Waals surface area contributed by atoms with Crippen LogP contribution in [-0.4, -0.2) is 70.3 Å². The summed E-state index contributed by atoms with van der Waals surface area (Å²) >= 11 is 5.56. The molecular formula is C16H26N3O3S2+. The van der Waals surface area contributed by atoms with E-state index in [9.17, 15) is 8.42 Å². The number of hydrogen-bond donors (Lipinski definition) is 2. The Morgan fingerprint density at radius 3 is 2.54 bits per heavy atom. The second-order valence-corrected chi connectivity index (χ2v) is 8.98. The Bertz CT molecular complexity index is 660. The van der Waals surface area contributed by atoms with E-state index in [1.54, 1.807) is 7.11 Å². The van der Waals surface area contributed by atoms with Crippen molar-refractivity contribution >= 4 is 32.9 Å².